The van der Waals surface area contributed by atoms with Gasteiger partial charge in [-0.1, -0.05) is 25.1 Å². The predicted molar refractivity (Wildman–Crippen MR) is 65.6 cm³/mol. The quantitative estimate of drug-likeness (QED) is 0.760. The number of hydrogen-bond acceptors (Lipinski definition) is 1. The Morgan fingerprint density at radius 2 is 1.62 bits per heavy atom. The number of benzene rings is 2. The highest BCUT2D eigenvalue weighted by molar-refractivity contribution is 5.67. The van der Waals surface area contributed by atoms with Crippen molar-refractivity contribution in [3.05, 3.63) is 53.8 Å². The second-order valence-electron chi connectivity index (χ2n) is 3.77. The topological polar surface area (TPSA) is 26.0 Å². The number of nitrogens with two attached hydrogens (primary N) is 1. The maximum Gasteiger partial charge on any atom is 0.123 e. The van der Waals surface area contributed by atoms with E-state index in [1.54, 1.807) is 12.1 Å². The van der Waals surface area contributed by atoms with Gasteiger partial charge in [0.2, 0.25) is 0 Å². The van der Waals surface area contributed by atoms with Crippen molar-refractivity contribution in [3.8, 4) is 11.1 Å². The van der Waals surface area contributed by atoms with Crippen molar-refractivity contribution in [2.45, 2.75) is 13.3 Å². The molecule has 2 rings (SSSR count). The summed E-state index contributed by atoms with van der Waals surface area (Å²) in [4.78, 5) is 0. The molecule has 0 heterocycles. The number of anilines is 1. The molecule has 0 saturated carbocycles. The Balaban J connectivity index is 2.44. The van der Waals surface area contributed by atoms with Gasteiger partial charge in [0, 0.05) is 5.69 Å². The predicted octanol–water partition coefficient (Wildman–Crippen LogP) is 3.64. The van der Waals surface area contributed by atoms with Gasteiger partial charge >= 0.3 is 0 Å². The minimum absolute atomic E-state index is 0.213. The monoisotopic (exact) mass is 215 g/mol. The van der Waals surface area contributed by atoms with Crippen LogP contribution in [0.5, 0.6) is 0 Å². The molecule has 2 heteroatoms. The highest BCUT2D eigenvalue weighted by Gasteiger charge is 2.01. The zero-order valence-electron chi connectivity index (χ0n) is 9.20. The molecule has 0 aliphatic rings. The van der Waals surface area contributed by atoms with Crippen LogP contribution in [0, 0.1) is 5.82 Å². The van der Waals surface area contributed by atoms with Crippen LogP contribution in [-0.4, -0.2) is 0 Å². The molecule has 0 saturated heterocycles. The van der Waals surface area contributed by atoms with Crippen LogP contribution < -0.4 is 5.73 Å². The van der Waals surface area contributed by atoms with E-state index in [9.17, 15) is 4.39 Å². The van der Waals surface area contributed by atoms with Gasteiger partial charge in [-0.25, -0.2) is 4.39 Å². The Kier molecular flexibility index (Phi) is 2.91. The van der Waals surface area contributed by atoms with E-state index in [2.05, 4.69) is 13.0 Å². The highest BCUT2D eigenvalue weighted by Crippen LogP contribution is 2.24. The van der Waals surface area contributed by atoms with Gasteiger partial charge < -0.3 is 5.73 Å². The highest BCUT2D eigenvalue weighted by atomic mass is 19.1. The molecule has 0 aliphatic heterocycles. The lowest BCUT2D eigenvalue weighted by Crippen LogP contribution is -1.93. The zero-order valence-corrected chi connectivity index (χ0v) is 9.20. The van der Waals surface area contributed by atoms with Crippen molar-refractivity contribution < 1.29 is 4.39 Å². The van der Waals surface area contributed by atoms with E-state index in [1.807, 2.05) is 12.1 Å². The third-order valence-corrected chi connectivity index (χ3v) is 2.70. The lowest BCUT2D eigenvalue weighted by molar-refractivity contribution is 0.628. The maximum absolute atomic E-state index is 12.8. The first-order valence-corrected chi connectivity index (χ1v) is 5.35. The molecule has 0 unspecified atom stereocenters. The van der Waals surface area contributed by atoms with E-state index in [1.165, 1.54) is 12.1 Å². The minimum Gasteiger partial charge on any atom is -0.399 e. The summed E-state index contributed by atoms with van der Waals surface area (Å²) in [6, 6.07) is 12.4. The molecule has 0 aliphatic carbocycles. The van der Waals surface area contributed by atoms with Crippen LogP contribution in [0.25, 0.3) is 11.1 Å². The minimum atomic E-state index is -0.213. The number of hydrogen-bond donors (Lipinski definition) is 1. The van der Waals surface area contributed by atoms with Crippen molar-refractivity contribution in [3.63, 3.8) is 0 Å². The average molecular weight is 215 g/mol. The van der Waals surface area contributed by atoms with Crippen LogP contribution in [0.3, 0.4) is 0 Å². The second-order valence-corrected chi connectivity index (χ2v) is 3.77. The molecule has 0 radical (unpaired) electrons. The summed E-state index contributed by atoms with van der Waals surface area (Å²) in [5.41, 5.74) is 9.87. The summed E-state index contributed by atoms with van der Waals surface area (Å²) in [5, 5.41) is 0. The fourth-order valence-electron chi connectivity index (χ4n) is 1.73. The molecule has 0 fully saturated rings. The lowest BCUT2D eigenvalue weighted by atomic mass is 10.0. The Bertz CT molecular complexity index is 489. The van der Waals surface area contributed by atoms with Crippen molar-refractivity contribution in [1.29, 1.82) is 0 Å². The van der Waals surface area contributed by atoms with Gasteiger partial charge in [-0.15, -0.1) is 0 Å². The van der Waals surface area contributed by atoms with E-state index in [4.69, 9.17) is 5.73 Å². The molecule has 0 atom stereocenters. The standard InChI is InChI=1S/C14H14FN/c1-2-10-9-12(5-8-14(10)16)11-3-6-13(15)7-4-11/h3-9H,2,16H2,1H3. The maximum atomic E-state index is 12.8. The van der Waals surface area contributed by atoms with Gasteiger partial charge in [0.15, 0.2) is 0 Å². The van der Waals surface area contributed by atoms with Crippen LogP contribution in [-0.2, 0) is 6.42 Å². The number of nitrogen functional groups attached to an aromatic ring is 1. The number of halogens is 1. The molecule has 0 aromatic heterocycles. The van der Waals surface area contributed by atoms with Gasteiger partial charge in [-0.05, 0) is 47.4 Å². The van der Waals surface area contributed by atoms with E-state index in [0.717, 1.165) is 28.8 Å². The average Bonchev–Trinajstić information content (AvgIpc) is 2.31. The van der Waals surface area contributed by atoms with E-state index in [0.29, 0.717) is 0 Å². The fraction of sp³-hybridized carbons (Fsp3) is 0.143. The zero-order chi connectivity index (χ0) is 11.5. The van der Waals surface area contributed by atoms with Crippen molar-refractivity contribution >= 4 is 5.69 Å². The Morgan fingerprint density at radius 3 is 2.25 bits per heavy atom. The van der Waals surface area contributed by atoms with Crippen LogP contribution in [0.15, 0.2) is 42.5 Å². The summed E-state index contributed by atoms with van der Waals surface area (Å²) in [6.07, 6.45) is 0.904. The lowest BCUT2D eigenvalue weighted by Gasteiger charge is -2.07. The normalized spacial score (nSPS) is 10.4. The van der Waals surface area contributed by atoms with Gasteiger partial charge in [0.1, 0.15) is 5.82 Å². The van der Waals surface area contributed by atoms with Gasteiger partial charge in [0.25, 0.3) is 0 Å². The van der Waals surface area contributed by atoms with E-state index >= 15 is 0 Å². The largest absolute Gasteiger partial charge is 0.399 e. The molecular weight excluding hydrogens is 201 g/mol. The van der Waals surface area contributed by atoms with Gasteiger partial charge in [0.05, 0.1) is 0 Å². The summed E-state index contributed by atoms with van der Waals surface area (Å²) in [5.74, 6) is -0.213. The second kappa shape index (κ2) is 4.35. The smallest absolute Gasteiger partial charge is 0.123 e. The third kappa shape index (κ3) is 2.06. The van der Waals surface area contributed by atoms with Crippen LogP contribution in [0.2, 0.25) is 0 Å². The molecule has 0 bridgehead atoms. The van der Waals surface area contributed by atoms with Crippen molar-refractivity contribution in [1.82, 2.24) is 0 Å². The third-order valence-electron chi connectivity index (χ3n) is 2.70. The van der Waals surface area contributed by atoms with Gasteiger partial charge in [-0.2, -0.15) is 0 Å². The summed E-state index contributed by atoms with van der Waals surface area (Å²) in [7, 11) is 0. The fourth-order valence-corrected chi connectivity index (χ4v) is 1.73. The van der Waals surface area contributed by atoms with Crippen molar-refractivity contribution in [2.24, 2.45) is 0 Å². The van der Waals surface area contributed by atoms with E-state index in [-0.39, 0.29) is 5.82 Å². The Hall–Kier alpha value is -1.83. The Labute approximate surface area is 94.7 Å². The molecular formula is C14H14FN. The first-order chi connectivity index (χ1) is 7.70. The molecule has 0 amide bonds. The first-order valence-electron chi connectivity index (χ1n) is 5.35. The molecule has 2 N–H and O–H groups in total. The molecule has 82 valence electrons. The van der Waals surface area contributed by atoms with Crippen LogP contribution in [0.4, 0.5) is 10.1 Å². The molecule has 16 heavy (non-hydrogen) atoms. The number of rotatable bonds is 2. The molecule has 0 spiro atoms. The van der Waals surface area contributed by atoms with Crippen molar-refractivity contribution in [2.75, 3.05) is 5.73 Å². The van der Waals surface area contributed by atoms with Gasteiger partial charge in [-0.3, -0.25) is 0 Å². The van der Waals surface area contributed by atoms with E-state index < -0.39 is 0 Å². The molecule has 2 aromatic rings. The molecule has 1 nitrogen and oxygen atoms in total. The summed E-state index contributed by atoms with van der Waals surface area (Å²) >= 11 is 0. The summed E-state index contributed by atoms with van der Waals surface area (Å²) < 4.78 is 12.8. The van der Waals surface area contributed by atoms with Crippen LogP contribution in [0.1, 0.15) is 12.5 Å². The van der Waals surface area contributed by atoms with Crippen LogP contribution >= 0.6 is 0 Å². The molecule has 2 aromatic carbocycles. The number of aryl methyl sites for hydroxylation is 1. The Morgan fingerprint density at radius 1 is 1.00 bits per heavy atom. The first kappa shape index (κ1) is 10.7. The SMILES string of the molecule is CCc1cc(-c2ccc(F)cc2)ccc1N. The summed E-state index contributed by atoms with van der Waals surface area (Å²) in [6.45, 7) is 2.07.